The number of hydrogen-bond donors (Lipinski definition) is 0. The zero-order chi connectivity index (χ0) is 21.9. The van der Waals surface area contributed by atoms with Gasteiger partial charge in [0.1, 0.15) is 11.5 Å². The number of carbonyl (C=O) groups is 1. The van der Waals surface area contributed by atoms with Gasteiger partial charge in [-0.25, -0.2) is 0 Å². The van der Waals surface area contributed by atoms with Gasteiger partial charge in [-0.15, -0.1) is 6.42 Å². The van der Waals surface area contributed by atoms with Crippen molar-refractivity contribution in [3.63, 3.8) is 0 Å². The number of hydrogen-bond acceptors (Lipinski definition) is 3. The van der Waals surface area contributed by atoms with Gasteiger partial charge in [0.15, 0.2) is 4.80 Å². The number of nitrogens with zero attached hydrogens (tertiary/aromatic N) is 2. The lowest BCUT2D eigenvalue weighted by atomic mass is 10.1. The smallest absolute Gasteiger partial charge is 0.283 e. The van der Waals surface area contributed by atoms with Crippen molar-refractivity contribution < 1.29 is 9.53 Å². The number of fused-ring (bicyclic) bond motifs is 3. The molecule has 0 unspecified atom stereocenters. The quantitative estimate of drug-likeness (QED) is 0.325. The molecule has 0 saturated heterocycles. The van der Waals surface area contributed by atoms with Gasteiger partial charge in [0.05, 0.1) is 22.3 Å². The molecule has 32 heavy (non-hydrogen) atoms. The van der Waals surface area contributed by atoms with Crippen LogP contribution in [-0.4, -0.2) is 10.5 Å². The van der Waals surface area contributed by atoms with Crippen molar-refractivity contribution in [2.75, 3.05) is 0 Å². The Labute approximate surface area is 189 Å². The van der Waals surface area contributed by atoms with Crippen LogP contribution in [0.2, 0.25) is 0 Å². The summed E-state index contributed by atoms with van der Waals surface area (Å²) < 4.78 is 8.91. The summed E-state index contributed by atoms with van der Waals surface area (Å²) in [5.74, 6) is 3.42. The van der Waals surface area contributed by atoms with Crippen molar-refractivity contribution in [3.8, 4) is 23.8 Å². The van der Waals surface area contributed by atoms with Gasteiger partial charge in [0.2, 0.25) is 0 Å². The lowest BCUT2D eigenvalue weighted by Gasteiger charge is -2.08. The van der Waals surface area contributed by atoms with Crippen LogP contribution in [0.5, 0.6) is 11.5 Å². The van der Waals surface area contributed by atoms with Gasteiger partial charge >= 0.3 is 0 Å². The van der Waals surface area contributed by atoms with E-state index in [1.807, 2.05) is 59.2 Å². The van der Waals surface area contributed by atoms with Crippen molar-refractivity contribution in [2.24, 2.45) is 4.99 Å². The molecule has 0 aliphatic carbocycles. The van der Waals surface area contributed by atoms with E-state index in [1.54, 1.807) is 18.2 Å². The van der Waals surface area contributed by atoms with E-state index in [4.69, 9.17) is 11.2 Å². The summed E-state index contributed by atoms with van der Waals surface area (Å²) >= 11 is 1.47. The fourth-order valence-corrected chi connectivity index (χ4v) is 4.79. The molecular formula is C27H18N2O2S. The Morgan fingerprint density at radius 2 is 1.69 bits per heavy atom. The van der Waals surface area contributed by atoms with Gasteiger partial charge in [-0.2, -0.15) is 4.99 Å². The molecule has 0 N–H and O–H groups in total. The summed E-state index contributed by atoms with van der Waals surface area (Å²) in [7, 11) is 0. The predicted octanol–water partition coefficient (Wildman–Crippen LogP) is 6.02. The molecule has 4 aromatic carbocycles. The Hall–Kier alpha value is -4.14. The van der Waals surface area contributed by atoms with Crippen LogP contribution >= 0.6 is 11.3 Å². The standard InChI is InChI=1S/C27H18N2O2S/c1-2-18-29-23-17-16-19-10-6-7-13-21(19)25(23)32-27(29)28-26(30)22-14-8-9-15-24(22)31-20-11-4-3-5-12-20/h1,3-17H,18H2. The molecule has 0 aliphatic heterocycles. The van der Waals surface area contributed by atoms with Crippen LogP contribution in [-0.2, 0) is 6.54 Å². The normalized spacial score (nSPS) is 11.5. The highest BCUT2D eigenvalue weighted by atomic mass is 32.1. The van der Waals surface area contributed by atoms with E-state index < -0.39 is 0 Å². The Morgan fingerprint density at radius 1 is 0.938 bits per heavy atom. The molecule has 0 fully saturated rings. The number of ether oxygens (including phenoxy) is 1. The first-order valence-corrected chi connectivity index (χ1v) is 10.9. The Kier molecular flexibility index (Phi) is 5.29. The maximum atomic E-state index is 13.2. The van der Waals surface area contributed by atoms with Crippen molar-refractivity contribution in [2.45, 2.75) is 6.54 Å². The molecule has 1 aromatic heterocycles. The molecule has 5 aromatic rings. The third kappa shape index (κ3) is 3.68. The molecule has 0 spiro atoms. The number of amides is 1. The second kappa shape index (κ2) is 8.54. The molecule has 0 radical (unpaired) electrons. The van der Waals surface area contributed by atoms with Crippen molar-refractivity contribution in [1.82, 2.24) is 4.57 Å². The number of thiazole rings is 1. The van der Waals surface area contributed by atoms with Crippen LogP contribution in [0.3, 0.4) is 0 Å². The van der Waals surface area contributed by atoms with E-state index in [2.05, 4.69) is 29.1 Å². The van der Waals surface area contributed by atoms with Gasteiger partial charge in [-0.1, -0.05) is 77.9 Å². The van der Waals surface area contributed by atoms with E-state index in [1.165, 1.54) is 11.3 Å². The fourth-order valence-electron chi connectivity index (χ4n) is 3.62. The van der Waals surface area contributed by atoms with E-state index >= 15 is 0 Å². The molecule has 154 valence electrons. The van der Waals surface area contributed by atoms with E-state index in [-0.39, 0.29) is 5.91 Å². The zero-order valence-electron chi connectivity index (χ0n) is 17.1. The van der Waals surface area contributed by atoms with Gasteiger partial charge in [-0.05, 0) is 35.7 Å². The molecule has 0 bridgehead atoms. The predicted molar refractivity (Wildman–Crippen MR) is 129 cm³/mol. The SMILES string of the molecule is C#CCn1c(=NC(=O)c2ccccc2Oc2ccccc2)sc2c3ccccc3ccc21. The summed E-state index contributed by atoms with van der Waals surface area (Å²) in [5, 5.41) is 2.25. The van der Waals surface area contributed by atoms with Crippen molar-refractivity contribution >= 4 is 38.2 Å². The number of terminal acetylenes is 1. The Balaban J connectivity index is 1.63. The first-order valence-electron chi connectivity index (χ1n) is 10.1. The first kappa shape index (κ1) is 19.8. The zero-order valence-corrected chi connectivity index (χ0v) is 17.9. The maximum absolute atomic E-state index is 13.2. The van der Waals surface area contributed by atoms with Crippen molar-refractivity contribution in [3.05, 3.63) is 101 Å². The third-order valence-corrected chi connectivity index (χ3v) is 6.24. The lowest BCUT2D eigenvalue weighted by Crippen LogP contribution is -2.16. The van der Waals surface area contributed by atoms with Gasteiger partial charge in [0.25, 0.3) is 5.91 Å². The fraction of sp³-hybridized carbons (Fsp3) is 0.0370. The molecule has 1 heterocycles. The molecule has 0 saturated carbocycles. The summed E-state index contributed by atoms with van der Waals surface area (Å²) in [6, 6.07) is 28.7. The highest BCUT2D eigenvalue weighted by Gasteiger charge is 2.14. The molecule has 4 nitrogen and oxygen atoms in total. The summed E-state index contributed by atoms with van der Waals surface area (Å²) in [5.41, 5.74) is 1.36. The number of rotatable bonds is 4. The van der Waals surface area contributed by atoms with Gasteiger partial charge < -0.3 is 9.30 Å². The maximum Gasteiger partial charge on any atom is 0.283 e. The number of carbonyl (C=O) groups excluding carboxylic acids is 1. The number of para-hydroxylation sites is 2. The topological polar surface area (TPSA) is 43.6 Å². The van der Waals surface area contributed by atoms with Crippen LogP contribution in [0.1, 0.15) is 10.4 Å². The van der Waals surface area contributed by atoms with Gasteiger partial charge in [0, 0.05) is 5.39 Å². The highest BCUT2D eigenvalue weighted by Crippen LogP contribution is 2.28. The van der Waals surface area contributed by atoms with Crippen molar-refractivity contribution in [1.29, 1.82) is 0 Å². The second-order valence-corrected chi connectivity index (χ2v) is 8.12. The molecule has 5 heteroatoms. The number of benzene rings is 4. The molecule has 1 amide bonds. The number of aromatic nitrogens is 1. The van der Waals surface area contributed by atoms with Crippen LogP contribution < -0.4 is 9.54 Å². The minimum Gasteiger partial charge on any atom is -0.457 e. The lowest BCUT2D eigenvalue weighted by molar-refractivity contribution is 0.0995. The monoisotopic (exact) mass is 434 g/mol. The minimum atomic E-state index is -0.377. The third-order valence-electron chi connectivity index (χ3n) is 5.11. The molecule has 0 atom stereocenters. The molecule has 0 aliphatic rings. The first-order chi connectivity index (χ1) is 15.7. The van der Waals surface area contributed by atoms with Crippen LogP contribution in [0.15, 0.2) is 96.0 Å². The van der Waals surface area contributed by atoms with Crippen LogP contribution in [0.4, 0.5) is 0 Å². The van der Waals surface area contributed by atoms with E-state index in [0.29, 0.717) is 28.4 Å². The Morgan fingerprint density at radius 3 is 2.53 bits per heavy atom. The van der Waals surface area contributed by atoms with Gasteiger partial charge in [-0.3, -0.25) is 4.79 Å². The summed E-state index contributed by atoms with van der Waals surface area (Å²) in [6.07, 6.45) is 5.63. The Bertz CT molecular complexity index is 1560. The molecule has 5 rings (SSSR count). The highest BCUT2D eigenvalue weighted by molar-refractivity contribution is 7.17. The minimum absolute atomic E-state index is 0.326. The summed E-state index contributed by atoms with van der Waals surface area (Å²) in [4.78, 5) is 18.2. The second-order valence-electron chi connectivity index (χ2n) is 7.14. The van der Waals surface area contributed by atoms with E-state index in [0.717, 1.165) is 21.0 Å². The summed E-state index contributed by atoms with van der Waals surface area (Å²) in [6.45, 7) is 0.326. The van der Waals surface area contributed by atoms with E-state index in [9.17, 15) is 4.79 Å². The largest absolute Gasteiger partial charge is 0.457 e. The van der Waals surface area contributed by atoms with Crippen LogP contribution in [0, 0.1) is 12.3 Å². The average molecular weight is 435 g/mol. The molecular weight excluding hydrogens is 416 g/mol. The average Bonchev–Trinajstić information content (AvgIpc) is 3.18. The van der Waals surface area contributed by atoms with Crippen LogP contribution in [0.25, 0.3) is 21.0 Å².